The van der Waals surface area contributed by atoms with E-state index in [9.17, 15) is 4.79 Å². The van der Waals surface area contributed by atoms with Gasteiger partial charge in [-0.3, -0.25) is 4.79 Å². The molecule has 3 aromatic rings. The summed E-state index contributed by atoms with van der Waals surface area (Å²) in [6.07, 6.45) is 2.94. The predicted octanol–water partition coefficient (Wildman–Crippen LogP) is 3.52. The van der Waals surface area contributed by atoms with Crippen molar-refractivity contribution in [2.75, 3.05) is 7.11 Å². The summed E-state index contributed by atoms with van der Waals surface area (Å²) in [4.78, 5) is 11.8. The molecule has 1 aromatic heterocycles. The van der Waals surface area contributed by atoms with Crippen LogP contribution < -0.4 is 20.3 Å². The number of hydrogen-bond acceptors (Lipinski definition) is 4. The van der Waals surface area contributed by atoms with Gasteiger partial charge in [0.15, 0.2) is 0 Å². The van der Waals surface area contributed by atoms with Crippen molar-refractivity contribution in [2.24, 2.45) is 0 Å². The molecular formula is C24H26N2O3. The number of nitrogens with zero attached hydrogens (tertiary/aromatic N) is 1. The van der Waals surface area contributed by atoms with E-state index in [-0.39, 0.29) is 11.7 Å². The van der Waals surface area contributed by atoms with Crippen molar-refractivity contribution >= 4 is 0 Å². The van der Waals surface area contributed by atoms with Crippen LogP contribution in [0.5, 0.6) is 11.5 Å². The Balaban J connectivity index is 1.37. The van der Waals surface area contributed by atoms with E-state index in [1.165, 1.54) is 11.1 Å². The number of hydrogen-bond donors (Lipinski definition) is 1. The molecule has 29 heavy (non-hydrogen) atoms. The molecule has 1 N–H and O–H groups in total. The van der Waals surface area contributed by atoms with Crippen LogP contribution in [0.25, 0.3) is 0 Å². The van der Waals surface area contributed by atoms with Crippen LogP contribution in [0.2, 0.25) is 0 Å². The number of rotatable bonds is 7. The van der Waals surface area contributed by atoms with Gasteiger partial charge in [0.1, 0.15) is 17.6 Å². The van der Waals surface area contributed by atoms with E-state index in [0.717, 1.165) is 35.6 Å². The average molecular weight is 390 g/mol. The summed E-state index contributed by atoms with van der Waals surface area (Å²) in [6.45, 7) is 4.15. The Morgan fingerprint density at radius 1 is 1.10 bits per heavy atom. The second-order valence-electron chi connectivity index (χ2n) is 7.49. The minimum atomic E-state index is 0.0144. The minimum Gasteiger partial charge on any atom is -0.497 e. The Morgan fingerprint density at radius 3 is 2.66 bits per heavy atom. The van der Waals surface area contributed by atoms with Crippen molar-refractivity contribution in [3.05, 3.63) is 93.4 Å². The molecule has 1 atom stereocenters. The Bertz CT molecular complexity index is 1040. The normalized spacial score (nSPS) is 15.0. The van der Waals surface area contributed by atoms with Gasteiger partial charge < -0.3 is 19.4 Å². The molecule has 0 saturated heterocycles. The number of nitrogens with one attached hydrogen (secondary N) is 1. The Hall–Kier alpha value is -3.05. The van der Waals surface area contributed by atoms with Crippen molar-refractivity contribution in [3.63, 3.8) is 0 Å². The summed E-state index contributed by atoms with van der Waals surface area (Å²) in [5, 5.41) is 3.50. The number of pyridine rings is 1. The standard InChI is InChI=1S/C24H26N2O3/c1-17-11-20-12-22(28-2)13-21(24(20)29-17)15-25-14-18-6-8-19(9-7-18)16-26-10-4-3-5-23(26)27/h3-10,12-13,17,25H,11,14-16H2,1-2H3. The molecule has 2 heterocycles. The summed E-state index contributed by atoms with van der Waals surface area (Å²) in [5.74, 6) is 1.87. The largest absolute Gasteiger partial charge is 0.497 e. The number of ether oxygens (including phenoxy) is 2. The predicted molar refractivity (Wildman–Crippen MR) is 114 cm³/mol. The van der Waals surface area contributed by atoms with Gasteiger partial charge in [-0.1, -0.05) is 30.3 Å². The van der Waals surface area contributed by atoms with Crippen molar-refractivity contribution < 1.29 is 9.47 Å². The molecule has 1 aliphatic rings. The van der Waals surface area contributed by atoms with Gasteiger partial charge in [-0.05, 0) is 36.2 Å². The van der Waals surface area contributed by atoms with Crippen molar-refractivity contribution in [1.29, 1.82) is 0 Å². The zero-order valence-corrected chi connectivity index (χ0v) is 16.9. The lowest BCUT2D eigenvalue weighted by Gasteiger charge is -2.13. The SMILES string of the molecule is COc1cc(CNCc2ccc(Cn3ccccc3=O)cc2)c2c(c1)CC(C)O2. The number of fused-ring (bicyclic) bond motifs is 1. The van der Waals surface area contributed by atoms with Gasteiger partial charge in [0, 0.05) is 42.9 Å². The maximum absolute atomic E-state index is 11.8. The molecule has 0 fully saturated rings. The molecule has 0 spiro atoms. The van der Waals surface area contributed by atoms with Crippen LogP contribution >= 0.6 is 0 Å². The Morgan fingerprint density at radius 2 is 1.90 bits per heavy atom. The second kappa shape index (κ2) is 8.53. The van der Waals surface area contributed by atoms with Gasteiger partial charge >= 0.3 is 0 Å². The molecule has 0 saturated carbocycles. The molecular weight excluding hydrogens is 364 g/mol. The van der Waals surface area contributed by atoms with Gasteiger partial charge in [-0.25, -0.2) is 0 Å². The molecule has 4 rings (SSSR count). The maximum atomic E-state index is 11.8. The maximum Gasteiger partial charge on any atom is 0.250 e. The molecule has 0 bridgehead atoms. The van der Waals surface area contributed by atoms with Crippen LogP contribution in [0.1, 0.15) is 29.2 Å². The molecule has 5 heteroatoms. The lowest BCUT2D eigenvalue weighted by atomic mass is 10.1. The van der Waals surface area contributed by atoms with Crippen LogP contribution in [-0.2, 0) is 26.1 Å². The van der Waals surface area contributed by atoms with Crippen molar-refractivity contribution in [2.45, 2.75) is 39.1 Å². The Kier molecular flexibility index (Phi) is 5.67. The monoisotopic (exact) mass is 390 g/mol. The lowest BCUT2D eigenvalue weighted by Crippen LogP contribution is -2.18. The van der Waals surface area contributed by atoms with E-state index < -0.39 is 0 Å². The summed E-state index contributed by atoms with van der Waals surface area (Å²) in [5.41, 5.74) is 4.66. The van der Waals surface area contributed by atoms with E-state index in [0.29, 0.717) is 13.1 Å². The minimum absolute atomic E-state index is 0.0144. The highest BCUT2D eigenvalue weighted by Gasteiger charge is 2.23. The first-order valence-electron chi connectivity index (χ1n) is 9.93. The van der Waals surface area contributed by atoms with Gasteiger partial charge in [0.25, 0.3) is 5.56 Å². The van der Waals surface area contributed by atoms with E-state index in [1.54, 1.807) is 23.8 Å². The van der Waals surface area contributed by atoms with Gasteiger partial charge in [0.2, 0.25) is 0 Å². The number of methoxy groups -OCH3 is 1. The van der Waals surface area contributed by atoms with Crippen LogP contribution in [0.3, 0.4) is 0 Å². The van der Waals surface area contributed by atoms with Crippen molar-refractivity contribution in [3.8, 4) is 11.5 Å². The van der Waals surface area contributed by atoms with Gasteiger partial charge in [0.05, 0.1) is 13.7 Å². The highest BCUT2D eigenvalue weighted by Crippen LogP contribution is 2.36. The van der Waals surface area contributed by atoms with Gasteiger partial charge in [-0.2, -0.15) is 0 Å². The molecule has 150 valence electrons. The third kappa shape index (κ3) is 4.51. The summed E-state index contributed by atoms with van der Waals surface area (Å²) >= 11 is 0. The molecule has 1 aliphatic heterocycles. The summed E-state index contributed by atoms with van der Waals surface area (Å²) in [6, 6.07) is 17.7. The zero-order chi connectivity index (χ0) is 20.2. The van der Waals surface area contributed by atoms with E-state index in [4.69, 9.17) is 9.47 Å². The fraction of sp³-hybridized carbons (Fsp3) is 0.292. The smallest absolute Gasteiger partial charge is 0.250 e. The molecule has 0 amide bonds. The van der Waals surface area contributed by atoms with Crippen LogP contribution in [-0.4, -0.2) is 17.8 Å². The topological polar surface area (TPSA) is 52.5 Å². The van der Waals surface area contributed by atoms with Crippen LogP contribution in [0, 0.1) is 0 Å². The lowest BCUT2D eigenvalue weighted by molar-refractivity contribution is 0.252. The van der Waals surface area contributed by atoms with Crippen molar-refractivity contribution in [1.82, 2.24) is 9.88 Å². The molecule has 0 aliphatic carbocycles. The first-order chi connectivity index (χ1) is 14.1. The van der Waals surface area contributed by atoms with E-state index in [2.05, 4.69) is 42.6 Å². The average Bonchev–Trinajstić information content (AvgIpc) is 3.11. The summed E-state index contributed by atoms with van der Waals surface area (Å²) < 4.78 is 13.1. The second-order valence-corrected chi connectivity index (χ2v) is 7.49. The molecule has 2 aromatic carbocycles. The third-order valence-corrected chi connectivity index (χ3v) is 5.20. The van der Waals surface area contributed by atoms with Gasteiger partial charge in [-0.15, -0.1) is 0 Å². The first-order valence-corrected chi connectivity index (χ1v) is 9.93. The summed E-state index contributed by atoms with van der Waals surface area (Å²) in [7, 11) is 1.70. The molecule has 1 unspecified atom stereocenters. The fourth-order valence-corrected chi connectivity index (χ4v) is 3.72. The van der Waals surface area contributed by atoms with E-state index >= 15 is 0 Å². The molecule has 5 nitrogen and oxygen atoms in total. The van der Waals surface area contributed by atoms with Crippen LogP contribution in [0.15, 0.2) is 65.6 Å². The third-order valence-electron chi connectivity index (χ3n) is 5.20. The zero-order valence-electron chi connectivity index (χ0n) is 16.9. The van der Waals surface area contributed by atoms with Crippen LogP contribution in [0.4, 0.5) is 0 Å². The fourth-order valence-electron chi connectivity index (χ4n) is 3.72. The Labute approximate surface area is 170 Å². The first kappa shape index (κ1) is 19.3. The highest BCUT2D eigenvalue weighted by atomic mass is 16.5. The highest BCUT2D eigenvalue weighted by molar-refractivity contribution is 5.49. The molecule has 0 radical (unpaired) electrons. The number of benzene rings is 2. The quantitative estimate of drug-likeness (QED) is 0.671. The van der Waals surface area contributed by atoms with E-state index in [1.807, 2.05) is 18.3 Å². The number of aromatic nitrogens is 1.